The maximum atomic E-state index is 12.2. The first kappa shape index (κ1) is 36.2. The topological polar surface area (TPSA) is 192 Å². The molecule has 0 bridgehead atoms. The van der Waals surface area contributed by atoms with Crippen molar-refractivity contribution < 1.29 is 59.2 Å². The number of esters is 2. The molecule has 2 aliphatic rings. The smallest absolute Gasteiger partial charge is 0.378 e. The van der Waals surface area contributed by atoms with Crippen LogP contribution in [0, 0.1) is 0 Å². The quantitative estimate of drug-likeness (QED) is 0.0783. The number of aliphatic hydroxyl groups excluding tert-OH is 6. The van der Waals surface area contributed by atoms with Gasteiger partial charge in [0.15, 0.2) is 11.9 Å². The van der Waals surface area contributed by atoms with Crippen LogP contribution < -0.4 is 0 Å². The molecule has 2 aliphatic heterocycles. The Kier molecular flexibility index (Phi) is 17.3. The molecule has 2 rings (SSSR count). The second-order valence-corrected chi connectivity index (χ2v) is 11.3. The molecule has 1 fully saturated rings. The number of aliphatic hydroxyl groups is 6. The van der Waals surface area contributed by atoms with E-state index in [0.717, 1.165) is 19.3 Å². The number of cyclic esters (lactones) is 1. The molecule has 42 heavy (non-hydrogen) atoms. The van der Waals surface area contributed by atoms with Crippen molar-refractivity contribution in [1.29, 1.82) is 0 Å². The largest absolute Gasteiger partial charge is 0.505 e. The Morgan fingerprint density at radius 2 is 1.36 bits per heavy atom. The fourth-order valence-electron chi connectivity index (χ4n) is 5.09. The highest BCUT2D eigenvalue weighted by molar-refractivity contribution is 5.89. The molecule has 0 spiro atoms. The Bertz CT molecular complexity index is 816. The lowest BCUT2D eigenvalue weighted by molar-refractivity contribution is -0.291. The van der Waals surface area contributed by atoms with E-state index in [-0.39, 0.29) is 6.42 Å². The third-order valence-corrected chi connectivity index (χ3v) is 7.75. The van der Waals surface area contributed by atoms with Crippen LogP contribution in [0.2, 0.25) is 0 Å². The fourth-order valence-corrected chi connectivity index (χ4v) is 5.09. The summed E-state index contributed by atoms with van der Waals surface area (Å²) in [4.78, 5) is 24.3. The minimum Gasteiger partial charge on any atom is -0.505 e. The van der Waals surface area contributed by atoms with Gasteiger partial charge in [0.1, 0.15) is 37.1 Å². The molecule has 0 saturated carbocycles. The van der Waals surface area contributed by atoms with Crippen LogP contribution in [0.15, 0.2) is 11.5 Å². The van der Waals surface area contributed by atoms with Crippen LogP contribution in [0.25, 0.3) is 0 Å². The maximum Gasteiger partial charge on any atom is 0.378 e. The van der Waals surface area contributed by atoms with Gasteiger partial charge in [0.2, 0.25) is 12.0 Å². The van der Waals surface area contributed by atoms with Gasteiger partial charge in [-0.05, 0) is 6.42 Å². The van der Waals surface area contributed by atoms with E-state index in [1.54, 1.807) is 0 Å². The molecule has 7 atom stereocenters. The van der Waals surface area contributed by atoms with Gasteiger partial charge in [-0.1, -0.05) is 96.8 Å². The van der Waals surface area contributed by atoms with E-state index >= 15 is 0 Å². The molecule has 244 valence electrons. The molecule has 0 aromatic rings. The first-order chi connectivity index (χ1) is 20.2. The number of hydrogen-bond acceptors (Lipinski definition) is 12. The first-order valence-corrected chi connectivity index (χ1v) is 15.7. The lowest BCUT2D eigenvalue weighted by Gasteiger charge is -2.39. The summed E-state index contributed by atoms with van der Waals surface area (Å²) >= 11 is 0. The molecule has 12 nitrogen and oxygen atoms in total. The van der Waals surface area contributed by atoms with Crippen molar-refractivity contribution in [2.24, 2.45) is 0 Å². The van der Waals surface area contributed by atoms with Gasteiger partial charge >= 0.3 is 11.9 Å². The van der Waals surface area contributed by atoms with Gasteiger partial charge in [0.05, 0.1) is 6.61 Å². The van der Waals surface area contributed by atoms with Gasteiger partial charge in [-0.3, -0.25) is 4.79 Å². The summed E-state index contributed by atoms with van der Waals surface area (Å²) in [5.74, 6) is -3.30. The Hall–Kier alpha value is -1.96. The van der Waals surface area contributed by atoms with Crippen molar-refractivity contribution in [3.05, 3.63) is 11.5 Å². The second-order valence-electron chi connectivity index (χ2n) is 11.3. The normalized spacial score (nSPS) is 26.8. The number of ether oxygens (including phenoxy) is 4. The third kappa shape index (κ3) is 12.0. The lowest BCUT2D eigenvalue weighted by Crippen LogP contribution is -2.59. The fraction of sp³-hybridized carbons (Fsp3) is 0.867. The maximum absolute atomic E-state index is 12.2. The highest BCUT2D eigenvalue weighted by Gasteiger charge is 2.48. The van der Waals surface area contributed by atoms with E-state index in [0.29, 0.717) is 6.42 Å². The van der Waals surface area contributed by atoms with Crippen LogP contribution in [0.3, 0.4) is 0 Å². The Morgan fingerprint density at radius 1 is 0.833 bits per heavy atom. The summed E-state index contributed by atoms with van der Waals surface area (Å²) in [6, 6.07) is 0. The first-order valence-electron chi connectivity index (χ1n) is 15.7. The Balaban J connectivity index is 1.57. The summed E-state index contributed by atoms with van der Waals surface area (Å²) in [6.45, 7) is 0.988. The van der Waals surface area contributed by atoms with Gasteiger partial charge in [0, 0.05) is 6.42 Å². The van der Waals surface area contributed by atoms with Crippen molar-refractivity contribution in [1.82, 2.24) is 0 Å². The van der Waals surface area contributed by atoms with Crippen molar-refractivity contribution in [2.75, 3.05) is 13.2 Å². The SMILES string of the molecule is CCCCCCCCCCCCCCCCCC(=O)OCC(O)[C@H]1OC(=O)C(O[C@@H]2O[C@H](CO)[C@@H](O)[C@H](O)[C@H]2O)=C1O. The predicted molar refractivity (Wildman–Crippen MR) is 151 cm³/mol. The Labute approximate surface area is 248 Å². The van der Waals surface area contributed by atoms with Gasteiger partial charge in [-0.2, -0.15) is 0 Å². The standard InChI is InChI=1S/C30H52O12/c1-2-3-4-5-6-7-8-9-10-11-12-13-14-15-16-17-22(33)39-19-20(32)27-26(37)28(29(38)41-27)42-30-25(36)24(35)23(34)21(18-31)40-30/h20-21,23-25,27,30-32,34-37H,2-19H2,1H3/t20?,21-,23-,24+,25-,27-,30+/m1/s1. The van der Waals surface area contributed by atoms with Crippen LogP contribution in [-0.2, 0) is 28.5 Å². The van der Waals surface area contributed by atoms with Crippen LogP contribution in [0.4, 0.5) is 0 Å². The summed E-state index contributed by atoms with van der Waals surface area (Å²) in [5.41, 5.74) is 0. The molecule has 1 saturated heterocycles. The van der Waals surface area contributed by atoms with Crippen LogP contribution >= 0.6 is 0 Å². The van der Waals surface area contributed by atoms with E-state index in [1.807, 2.05) is 0 Å². The van der Waals surface area contributed by atoms with Crippen molar-refractivity contribution >= 4 is 11.9 Å². The Morgan fingerprint density at radius 3 is 1.88 bits per heavy atom. The number of rotatable bonds is 22. The van der Waals surface area contributed by atoms with E-state index in [2.05, 4.69) is 6.92 Å². The average molecular weight is 605 g/mol. The minimum atomic E-state index is -1.82. The minimum absolute atomic E-state index is 0.183. The molecule has 6 N–H and O–H groups in total. The molecule has 0 aliphatic carbocycles. The van der Waals surface area contributed by atoms with Gasteiger partial charge < -0.3 is 49.6 Å². The molecule has 12 heteroatoms. The highest BCUT2D eigenvalue weighted by Crippen LogP contribution is 2.29. The van der Waals surface area contributed by atoms with E-state index < -0.39 is 79.6 Å². The highest BCUT2D eigenvalue weighted by atomic mass is 16.7. The zero-order chi connectivity index (χ0) is 30.9. The van der Waals surface area contributed by atoms with Crippen molar-refractivity contribution in [2.45, 2.75) is 153 Å². The molecule has 0 aromatic carbocycles. The van der Waals surface area contributed by atoms with Crippen molar-refractivity contribution in [3.63, 3.8) is 0 Å². The summed E-state index contributed by atoms with van der Waals surface area (Å²) < 4.78 is 20.3. The van der Waals surface area contributed by atoms with Gasteiger partial charge in [-0.15, -0.1) is 0 Å². The van der Waals surface area contributed by atoms with Crippen LogP contribution in [-0.4, -0.2) is 98.7 Å². The van der Waals surface area contributed by atoms with Crippen LogP contribution in [0.1, 0.15) is 110 Å². The zero-order valence-electron chi connectivity index (χ0n) is 24.9. The van der Waals surface area contributed by atoms with E-state index in [9.17, 15) is 40.2 Å². The average Bonchev–Trinajstić information content (AvgIpc) is 3.26. The molecule has 0 amide bonds. The number of carbonyl (C=O) groups excluding carboxylic acids is 2. The number of carbonyl (C=O) groups is 2. The van der Waals surface area contributed by atoms with E-state index in [4.69, 9.17) is 18.9 Å². The lowest BCUT2D eigenvalue weighted by atomic mass is 9.99. The van der Waals surface area contributed by atoms with Crippen LogP contribution in [0.5, 0.6) is 0 Å². The summed E-state index contributed by atoms with van der Waals surface area (Å²) in [6.07, 6.45) is 6.98. The summed E-state index contributed by atoms with van der Waals surface area (Å²) in [7, 11) is 0. The van der Waals surface area contributed by atoms with Gasteiger partial charge in [0.25, 0.3) is 0 Å². The number of unbranched alkanes of at least 4 members (excludes halogenated alkanes) is 14. The van der Waals surface area contributed by atoms with Crippen molar-refractivity contribution in [3.8, 4) is 0 Å². The molecule has 1 unspecified atom stereocenters. The molecular weight excluding hydrogens is 552 g/mol. The molecular formula is C30H52O12. The zero-order valence-corrected chi connectivity index (χ0v) is 24.9. The van der Waals surface area contributed by atoms with E-state index in [1.165, 1.54) is 70.6 Å². The van der Waals surface area contributed by atoms with Gasteiger partial charge in [-0.25, -0.2) is 4.79 Å². The monoisotopic (exact) mass is 604 g/mol. The second kappa shape index (κ2) is 20.1. The third-order valence-electron chi connectivity index (χ3n) is 7.75. The summed E-state index contributed by atoms with van der Waals surface area (Å²) in [5, 5.41) is 59.8. The molecule has 2 heterocycles. The molecule has 0 aromatic heterocycles. The number of hydrogen-bond donors (Lipinski definition) is 6. The molecule has 0 radical (unpaired) electrons. The predicted octanol–water partition coefficient (Wildman–Crippen LogP) is 2.66.